The number of pyridine rings is 1. The Labute approximate surface area is 200 Å². The zero-order chi connectivity index (χ0) is 23.7. The number of fused-ring (bicyclic) bond motifs is 1. The number of aryl methyl sites for hydroxylation is 1. The van der Waals surface area contributed by atoms with Crippen LogP contribution in [0.2, 0.25) is 0 Å². The Morgan fingerprint density at radius 2 is 2.00 bits per heavy atom. The SMILES string of the molecule is [B]c1cnn2c(NCc3cccnc3)cc(C3CCCN(S(=O)(=O)c4ccc(C)cc4)C3)nc12. The fourth-order valence-corrected chi connectivity index (χ4v) is 5.81. The number of hydrogen-bond acceptors (Lipinski definition) is 6. The Kier molecular flexibility index (Phi) is 6.10. The van der Waals surface area contributed by atoms with Crippen LogP contribution in [0, 0.1) is 6.92 Å². The molecule has 0 bridgehead atoms. The van der Waals surface area contributed by atoms with Gasteiger partial charge in [-0.25, -0.2) is 13.4 Å². The Morgan fingerprint density at radius 1 is 1.18 bits per heavy atom. The fourth-order valence-electron chi connectivity index (χ4n) is 4.29. The minimum atomic E-state index is -3.58. The molecular formula is C24H25BN6O2S. The van der Waals surface area contributed by atoms with Crippen LogP contribution in [0.4, 0.5) is 5.82 Å². The molecule has 1 aliphatic rings. The van der Waals surface area contributed by atoms with Crippen LogP contribution in [0.25, 0.3) is 5.65 Å². The van der Waals surface area contributed by atoms with E-state index in [0.717, 1.165) is 35.5 Å². The van der Waals surface area contributed by atoms with E-state index < -0.39 is 10.0 Å². The quantitative estimate of drug-likeness (QED) is 0.434. The van der Waals surface area contributed by atoms with Gasteiger partial charge < -0.3 is 5.32 Å². The number of nitrogens with one attached hydrogen (secondary N) is 1. The standard InChI is InChI=1S/C24H25BN6O2S/c1-17-6-8-20(9-7-17)34(32,33)30-11-3-5-19(16-30)22-12-23(27-14-18-4-2-10-26-13-18)31-24(29-22)21(25)15-28-31/h2,4,6-10,12-13,15,19,27H,3,5,11,14,16H2,1H3. The van der Waals surface area contributed by atoms with Gasteiger partial charge in [0.15, 0.2) is 5.65 Å². The third kappa shape index (κ3) is 4.43. The first kappa shape index (κ1) is 22.6. The number of piperidine rings is 1. The monoisotopic (exact) mass is 472 g/mol. The number of sulfonamides is 1. The molecule has 0 amide bonds. The van der Waals surface area contributed by atoms with Crippen LogP contribution in [0.15, 0.2) is 66.0 Å². The number of aromatic nitrogens is 4. The molecule has 2 radical (unpaired) electrons. The van der Waals surface area contributed by atoms with E-state index in [1.54, 1.807) is 39.5 Å². The van der Waals surface area contributed by atoms with Crippen LogP contribution in [0.5, 0.6) is 0 Å². The molecular weight excluding hydrogens is 447 g/mol. The molecule has 1 aliphatic heterocycles. The molecule has 4 aromatic rings. The summed E-state index contributed by atoms with van der Waals surface area (Å²) >= 11 is 0. The number of benzene rings is 1. The molecule has 4 heterocycles. The van der Waals surface area contributed by atoms with Gasteiger partial charge in [0.05, 0.1) is 10.6 Å². The minimum absolute atomic E-state index is 0.0489. The second-order valence-corrected chi connectivity index (χ2v) is 10.6. The average molecular weight is 472 g/mol. The predicted octanol–water partition coefficient (Wildman–Crippen LogP) is 2.41. The molecule has 1 unspecified atom stereocenters. The first-order valence-electron chi connectivity index (χ1n) is 11.3. The van der Waals surface area contributed by atoms with Crippen molar-refractivity contribution in [1.82, 2.24) is 23.9 Å². The Hall–Kier alpha value is -3.24. The van der Waals surface area contributed by atoms with Crippen LogP contribution in [0.3, 0.4) is 0 Å². The topological polar surface area (TPSA) is 92.5 Å². The van der Waals surface area contributed by atoms with Crippen molar-refractivity contribution in [2.24, 2.45) is 0 Å². The second-order valence-electron chi connectivity index (χ2n) is 8.63. The summed E-state index contributed by atoms with van der Waals surface area (Å²) in [5, 5.41) is 7.76. The number of hydrogen-bond donors (Lipinski definition) is 1. The predicted molar refractivity (Wildman–Crippen MR) is 132 cm³/mol. The lowest BCUT2D eigenvalue weighted by Crippen LogP contribution is -2.39. The number of rotatable bonds is 6. The van der Waals surface area contributed by atoms with E-state index in [1.807, 2.05) is 37.3 Å². The van der Waals surface area contributed by atoms with E-state index in [2.05, 4.69) is 15.4 Å². The van der Waals surface area contributed by atoms with Crippen molar-refractivity contribution < 1.29 is 8.42 Å². The van der Waals surface area contributed by atoms with Gasteiger partial charge in [-0.3, -0.25) is 4.98 Å². The van der Waals surface area contributed by atoms with E-state index in [-0.39, 0.29) is 5.92 Å². The normalized spacial score (nSPS) is 17.1. The third-order valence-corrected chi connectivity index (χ3v) is 8.06. The highest BCUT2D eigenvalue weighted by Gasteiger charge is 2.32. The smallest absolute Gasteiger partial charge is 0.243 e. The van der Waals surface area contributed by atoms with Crippen LogP contribution in [-0.2, 0) is 16.6 Å². The maximum Gasteiger partial charge on any atom is 0.243 e. The Morgan fingerprint density at radius 3 is 2.76 bits per heavy atom. The molecule has 8 nitrogen and oxygen atoms in total. The highest BCUT2D eigenvalue weighted by atomic mass is 32.2. The molecule has 1 N–H and O–H groups in total. The minimum Gasteiger partial charge on any atom is -0.366 e. The van der Waals surface area contributed by atoms with Gasteiger partial charge >= 0.3 is 0 Å². The van der Waals surface area contributed by atoms with Crippen molar-refractivity contribution in [3.63, 3.8) is 0 Å². The lowest BCUT2D eigenvalue weighted by molar-refractivity contribution is 0.313. The van der Waals surface area contributed by atoms with E-state index in [0.29, 0.717) is 35.6 Å². The van der Waals surface area contributed by atoms with E-state index in [9.17, 15) is 8.42 Å². The van der Waals surface area contributed by atoms with Crippen LogP contribution < -0.4 is 10.8 Å². The van der Waals surface area contributed by atoms with Crippen molar-refractivity contribution in [3.8, 4) is 0 Å². The highest BCUT2D eigenvalue weighted by molar-refractivity contribution is 7.89. The Balaban J connectivity index is 1.44. The first-order valence-corrected chi connectivity index (χ1v) is 12.7. The molecule has 3 aromatic heterocycles. The molecule has 0 spiro atoms. The number of anilines is 1. The number of nitrogens with zero attached hydrogens (tertiary/aromatic N) is 5. The lowest BCUT2D eigenvalue weighted by atomic mass is 9.95. The molecule has 1 atom stereocenters. The summed E-state index contributed by atoms with van der Waals surface area (Å²) in [4.78, 5) is 9.26. The summed E-state index contributed by atoms with van der Waals surface area (Å²) in [5.41, 5.74) is 3.90. The summed E-state index contributed by atoms with van der Waals surface area (Å²) < 4.78 is 29.8. The van der Waals surface area contributed by atoms with E-state index in [1.165, 1.54) is 0 Å². The molecule has 34 heavy (non-hydrogen) atoms. The third-order valence-electron chi connectivity index (χ3n) is 6.18. The maximum absolute atomic E-state index is 13.3. The van der Waals surface area contributed by atoms with Gasteiger partial charge in [-0.1, -0.05) is 23.8 Å². The maximum atomic E-state index is 13.3. The summed E-state index contributed by atoms with van der Waals surface area (Å²) in [6.07, 6.45) is 6.73. The van der Waals surface area contributed by atoms with E-state index >= 15 is 0 Å². The largest absolute Gasteiger partial charge is 0.366 e. The van der Waals surface area contributed by atoms with Gasteiger partial charge in [-0.05, 0) is 49.0 Å². The molecule has 1 fully saturated rings. The summed E-state index contributed by atoms with van der Waals surface area (Å²) in [6, 6.07) is 12.8. The van der Waals surface area contributed by atoms with Gasteiger partial charge in [-0.2, -0.15) is 13.9 Å². The first-order chi connectivity index (χ1) is 16.4. The lowest BCUT2D eigenvalue weighted by Gasteiger charge is -2.32. The van der Waals surface area contributed by atoms with Gasteiger partial charge in [0.25, 0.3) is 0 Å². The molecule has 0 saturated carbocycles. The van der Waals surface area contributed by atoms with Gasteiger partial charge in [-0.15, -0.1) is 0 Å². The van der Waals surface area contributed by atoms with Gasteiger partial charge in [0.2, 0.25) is 10.0 Å². The van der Waals surface area contributed by atoms with Crippen molar-refractivity contribution in [1.29, 1.82) is 0 Å². The van der Waals surface area contributed by atoms with Crippen LogP contribution in [0.1, 0.15) is 35.6 Å². The van der Waals surface area contributed by atoms with Crippen molar-refractivity contribution >= 4 is 34.8 Å². The molecule has 172 valence electrons. The Bertz CT molecular complexity index is 1410. The zero-order valence-corrected chi connectivity index (χ0v) is 19.7. The molecule has 1 aromatic carbocycles. The van der Waals surface area contributed by atoms with Gasteiger partial charge in [0.1, 0.15) is 13.7 Å². The summed E-state index contributed by atoms with van der Waals surface area (Å²) in [7, 11) is 2.57. The van der Waals surface area contributed by atoms with Crippen molar-refractivity contribution in [2.75, 3.05) is 18.4 Å². The van der Waals surface area contributed by atoms with Crippen molar-refractivity contribution in [2.45, 2.75) is 37.1 Å². The molecule has 1 saturated heterocycles. The van der Waals surface area contributed by atoms with Crippen LogP contribution in [-0.4, -0.2) is 53.2 Å². The highest BCUT2D eigenvalue weighted by Crippen LogP contribution is 2.31. The summed E-state index contributed by atoms with van der Waals surface area (Å²) in [5.74, 6) is 0.700. The zero-order valence-electron chi connectivity index (χ0n) is 18.9. The van der Waals surface area contributed by atoms with Crippen molar-refractivity contribution in [3.05, 3.63) is 77.9 Å². The average Bonchev–Trinajstić information content (AvgIpc) is 3.24. The fraction of sp³-hybridized carbons (Fsp3) is 0.292. The molecule has 0 aliphatic carbocycles. The molecule has 5 rings (SSSR count). The van der Waals surface area contributed by atoms with E-state index in [4.69, 9.17) is 12.8 Å². The molecule has 10 heteroatoms. The summed E-state index contributed by atoms with van der Waals surface area (Å²) in [6.45, 7) is 3.37. The van der Waals surface area contributed by atoms with Gasteiger partial charge in [0, 0.05) is 50.2 Å². The second kappa shape index (κ2) is 9.19. The van der Waals surface area contributed by atoms with Crippen LogP contribution >= 0.6 is 0 Å².